The Morgan fingerprint density at radius 3 is 2.70 bits per heavy atom. The van der Waals surface area contributed by atoms with Gasteiger partial charge in [-0.1, -0.05) is 29.3 Å². The molecule has 1 aliphatic heterocycles. The molecule has 0 saturated carbocycles. The molecular weight excluding hydrogens is 399 g/mol. The molecule has 0 radical (unpaired) electrons. The van der Waals surface area contributed by atoms with E-state index in [0.717, 1.165) is 28.7 Å². The second-order valence-corrected chi connectivity index (χ2v) is 7.54. The number of aromatic nitrogens is 2. The molecule has 0 bridgehead atoms. The van der Waals surface area contributed by atoms with Crippen molar-refractivity contribution in [1.29, 1.82) is 0 Å². The van der Waals surface area contributed by atoms with Crippen LogP contribution in [0.3, 0.4) is 0 Å². The van der Waals surface area contributed by atoms with Crippen LogP contribution in [-0.2, 0) is 0 Å². The van der Waals surface area contributed by atoms with Gasteiger partial charge in [-0.3, -0.25) is 4.98 Å². The first kappa shape index (κ1) is 18.3. The van der Waals surface area contributed by atoms with Gasteiger partial charge in [0, 0.05) is 29.7 Å². The number of rotatable bonds is 4. The van der Waals surface area contributed by atoms with Crippen LogP contribution in [0.1, 0.15) is 30.4 Å². The van der Waals surface area contributed by atoms with E-state index in [2.05, 4.69) is 32.8 Å². The maximum Gasteiger partial charge on any atom is 0.170 e. The van der Waals surface area contributed by atoms with Crippen LogP contribution in [0.4, 0.5) is 0 Å². The zero-order valence-electron chi connectivity index (χ0n) is 14.6. The first-order valence-corrected chi connectivity index (χ1v) is 9.87. The van der Waals surface area contributed by atoms with E-state index in [1.165, 1.54) is 0 Å². The summed E-state index contributed by atoms with van der Waals surface area (Å²) < 4.78 is 2.09. The summed E-state index contributed by atoms with van der Waals surface area (Å²) in [4.78, 5) is 6.74. The molecule has 3 heterocycles. The maximum atomic E-state index is 6.48. The summed E-state index contributed by atoms with van der Waals surface area (Å²) in [5, 5.41) is 5.39. The minimum atomic E-state index is -0.0432. The number of pyridine rings is 1. The Bertz CT molecular complexity index is 973. The lowest BCUT2D eigenvalue weighted by Crippen LogP contribution is -2.30. The van der Waals surface area contributed by atoms with Gasteiger partial charge >= 0.3 is 0 Å². The van der Waals surface area contributed by atoms with E-state index in [1.54, 1.807) is 12.3 Å². The highest BCUT2D eigenvalue weighted by Crippen LogP contribution is 2.40. The molecule has 3 aromatic rings. The zero-order valence-corrected chi connectivity index (χ0v) is 17.0. The third kappa shape index (κ3) is 3.31. The van der Waals surface area contributed by atoms with Crippen molar-refractivity contribution in [3.63, 3.8) is 0 Å². The van der Waals surface area contributed by atoms with E-state index >= 15 is 0 Å². The molecule has 2 atom stereocenters. The van der Waals surface area contributed by atoms with Crippen molar-refractivity contribution in [2.24, 2.45) is 0 Å². The fourth-order valence-corrected chi connectivity index (χ4v) is 4.47. The lowest BCUT2D eigenvalue weighted by molar-refractivity contribution is 0.321. The van der Waals surface area contributed by atoms with Gasteiger partial charge in [-0.25, -0.2) is 0 Å². The Morgan fingerprint density at radius 2 is 2.00 bits per heavy atom. The number of likely N-dealkylation sites (N-methyl/N-ethyl adjacent to an activating group) is 1. The van der Waals surface area contributed by atoms with Crippen LogP contribution >= 0.6 is 35.4 Å². The Hall–Kier alpha value is -2.08. The zero-order chi connectivity index (χ0) is 19.0. The average Bonchev–Trinajstić information content (AvgIpc) is 3.26. The van der Waals surface area contributed by atoms with Gasteiger partial charge < -0.3 is 14.8 Å². The SMILES string of the molecule is CCN1C(=S)NC(c2ccccn2)C1c1cccn1-c1ccc(Cl)cc1Cl. The normalized spacial score (nSPS) is 19.4. The van der Waals surface area contributed by atoms with Gasteiger partial charge in [-0.2, -0.15) is 0 Å². The van der Waals surface area contributed by atoms with Gasteiger partial charge in [0.1, 0.15) is 0 Å². The van der Waals surface area contributed by atoms with Gasteiger partial charge in [-0.05, 0) is 61.6 Å². The fourth-order valence-electron chi connectivity index (χ4n) is 3.60. The van der Waals surface area contributed by atoms with Crippen molar-refractivity contribution < 1.29 is 0 Å². The smallest absolute Gasteiger partial charge is 0.170 e. The van der Waals surface area contributed by atoms with E-state index in [4.69, 9.17) is 35.4 Å². The second-order valence-electron chi connectivity index (χ2n) is 6.31. The molecule has 2 unspecified atom stereocenters. The standard InChI is InChI=1S/C20H18Cl2N4S/c1-2-25-19(18(24-20(25)27)15-6-3-4-10-23-15)17-7-5-11-26(17)16-9-8-13(21)12-14(16)22/h3-12,18-19H,2H2,1H3,(H,24,27). The maximum absolute atomic E-state index is 6.48. The molecule has 1 saturated heterocycles. The highest BCUT2D eigenvalue weighted by molar-refractivity contribution is 7.80. The van der Waals surface area contributed by atoms with E-state index in [1.807, 2.05) is 42.6 Å². The van der Waals surface area contributed by atoms with Crippen LogP contribution in [-0.4, -0.2) is 26.1 Å². The Morgan fingerprint density at radius 1 is 1.15 bits per heavy atom. The Balaban J connectivity index is 1.83. The summed E-state index contributed by atoms with van der Waals surface area (Å²) >= 11 is 18.2. The van der Waals surface area contributed by atoms with Crippen molar-refractivity contribution in [3.05, 3.63) is 82.4 Å². The predicted molar refractivity (Wildman–Crippen MR) is 114 cm³/mol. The van der Waals surface area contributed by atoms with E-state index in [9.17, 15) is 0 Å². The number of benzene rings is 1. The number of nitrogens with one attached hydrogen (secondary N) is 1. The molecule has 1 aromatic carbocycles. The molecule has 27 heavy (non-hydrogen) atoms. The molecule has 2 aromatic heterocycles. The summed E-state index contributed by atoms with van der Waals surface area (Å²) in [5.41, 5.74) is 2.93. The molecule has 0 aliphatic carbocycles. The topological polar surface area (TPSA) is 33.1 Å². The van der Waals surface area contributed by atoms with Crippen LogP contribution in [0.5, 0.6) is 0 Å². The lowest BCUT2D eigenvalue weighted by atomic mass is 10.0. The third-order valence-corrected chi connectivity index (χ3v) is 5.68. The molecule has 1 N–H and O–H groups in total. The monoisotopic (exact) mass is 416 g/mol. The minimum absolute atomic E-state index is 0.000792. The average molecular weight is 417 g/mol. The van der Waals surface area contributed by atoms with Crippen LogP contribution in [0, 0.1) is 0 Å². The number of hydrogen-bond donors (Lipinski definition) is 1. The molecular formula is C20H18Cl2N4S. The quantitative estimate of drug-likeness (QED) is 0.594. The lowest BCUT2D eigenvalue weighted by Gasteiger charge is -2.28. The van der Waals surface area contributed by atoms with Crippen LogP contribution in [0.2, 0.25) is 10.0 Å². The van der Waals surface area contributed by atoms with Crippen molar-refractivity contribution >= 4 is 40.5 Å². The number of hydrogen-bond acceptors (Lipinski definition) is 2. The number of thiocarbonyl (C=S) groups is 1. The number of halogens is 2. The first-order chi connectivity index (χ1) is 13.1. The summed E-state index contributed by atoms with van der Waals surface area (Å²) in [6, 6.07) is 15.5. The predicted octanol–water partition coefficient (Wildman–Crippen LogP) is 5.17. The van der Waals surface area contributed by atoms with Crippen LogP contribution in [0.25, 0.3) is 5.69 Å². The van der Waals surface area contributed by atoms with Crippen LogP contribution in [0.15, 0.2) is 60.9 Å². The highest BCUT2D eigenvalue weighted by Gasteiger charge is 2.40. The van der Waals surface area contributed by atoms with Crippen molar-refractivity contribution in [2.45, 2.75) is 19.0 Å². The molecule has 4 nitrogen and oxygen atoms in total. The molecule has 4 rings (SSSR count). The molecule has 0 spiro atoms. The highest BCUT2D eigenvalue weighted by atomic mass is 35.5. The van der Waals surface area contributed by atoms with Crippen LogP contribution < -0.4 is 5.32 Å². The van der Waals surface area contributed by atoms with Gasteiger partial charge in [0.15, 0.2) is 5.11 Å². The summed E-state index contributed by atoms with van der Waals surface area (Å²) in [6.45, 7) is 2.89. The number of nitrogens with zero attached hydrogens (tertiary/aromatic N) is 3. The van der Waals surface area contributed by atoms with Crippen molar-refractivity contribution in [2.75, 3.05) is 6.54 Å². The van der Waals surface area contributed by atoms with E-state index in [0.29, 0.717) is 10.0 Å². The van der Waals surface area contributed by atoms with Crippen molar-refractivity contribution in [1.82, 2.24) is 19.8 Å². The van der Waals surface area contributed by atoms with E-state index in [-0.39, 0.29) is 12.1 Å². The second kappa shape index (κ2) is 7.50. The molecule has 7 heteroatoms. The van der Waals surface area contributed by atoms with Gasteiger partial charge in [-0.15, -0.1) is 0 Å². The Labute approximate surface area is 173 Å². The van der Waals surface area contributed by atoms with Gasteiger partial charge in [0.25, 0.3) is 0 Å². The molecule has 1 fully saturated rings. The van der Waals surface area contributed by atoms with E-state index < -0.39 is 0 Å². The van der Waals surface area contributed by atoms with Gasteiger partial charge in [0.05, 0.1) is 28.5 Å². The third-order valence-electron chi connectivity index (χ3n) is 4.79. The van der Waals surface area contributed by atoms with Crippen molar-refractivity contribution in [3.8, 4) is 5.69 Å². The molecule has 1 aliphatic rings. The molecule has 0 amide bonds. The summed E-state index contributed by atoms with van der Waals surface area (Å²) in [7, 11) is 0. The minimum Gasteiger partial charge on any atom is -0.352 e. The summed E-state index contributed by atoms with van der Waals surface area (Å²) in [6.07, 6.45) is 3.82. The Kier molecular flexibility index (Phi) is 5.08. The fraction of sp³-hybridized carbons (Fsp3) is 0.200. The largest absolute Gasteiger partial charge is 0.352 e. The van der Waals surface area contributed by atoms with Gasteiger partial charge in [0.2, 0.25) is 0 Å². The first-order valence-electron chi connectivity index (χ1n) is 8.71. The molecule has 138 valence electrons. The summed E-state index contributed by atoms with van der Waals surface area (Å²) in [5.74, 6) is 0.